The van der Waals surface area contributed by atoms with Crippen molar-refractivity contribution >= 4 is 17.4 Å². The maximum atomic E-state index is 12.3. The molecule has 0 saturated carbocycles. The maximum Gasteiger partial charge on any atom is 0.330 e. The van der Waals surface area contributed by atoms with Crippen LogP contribution in [-0.2, 0) is 6.54 Å². The third-order valence-electron chi connectivity index (χ3n) is 3.36. The highest BCUT2D eigenvalue weighted by atomic mass is 16.3. The third kappa shape index (κ3) is 2.80. The van der Waals surface area contributed by atoms with E-state index in [1.54, 1.807) is 0 Å². The predicted molar refractivity (Wildman–Crippen MR) is 82.1 cm³/mol. The fraction of sp³-hybridized carbons (Fsp3) is 0.357. The van der Waals surface area contributed by atoms with Gasteiger partial charge in [0.05, 0.1) is 11.8 Å². The van der Waals surface area contributed by atoms with Gasteiger partial charge in [-0.3, -0.25) is 19.1 Å². The summed E-state index contributed by atoms with van der Waals surface area (Å²) in [5.41, 5.74) is 4.90. The van der Waals surface area contributed by atoms with Gasteiger partial charge in [0.15, 0.2) is 5.69 Å². The second-order valence-electron chi connectivity index (χ2n) is 4.87. The largest absolute Gasteiger partial charge is 0.472 e. The van der Waals surface area contributed by atoms with Gasteiger partial charge >= 0.3 is 5.69 Å². The smallest absolute Gasteiger partial charge is 0.330 e. The van der Waals surface area contributed by atoms with Gasteiger partial charge in [0.25, 0.3) is 11.5 Å². The average molecular weight is 306 g/mol. The first-order valence-corrected chi connectivity index (χ1v) is 6.90. The summed E-state index contributed by atoms with van der Waals surface area (Å²) in [7, 11) is 1.42. The lowest BCUT2D eigenvalue weighted by Gasteiger charge is -2.19. The van der Waals surface area contributed by atoms with E-state index in [1.165, 1.54) is 30.2 Å². The van der Waals surface area contributed by atoms with Crippen molar-refractivity contribution in [1.82, 2.24) is 9.55 Å². The van der Waals surface area contributed by atoms with Gasteiger partial charge in [-0.25, -0.2) is 4.79 Å². The number of carbonyl (C=O) groups excluding carboxylic acids is 1. The number of nitrogens with one attached hydrogen (secondary N) is 1. The van der Waals surface area contributed by atoms with Gasteiger partial charge in [-0.15, -0.1) is 0 Å². The standard InChI is InChI=1S/C14H18N4O4/c1-3-4-6-18-11(15)10(12(19)16-14(18)21)17(2)13(20)9-5-7-22-8-9/h5,7-8H,3-4,6,15H2,1-2H3,(H,16,19,21). The van der Waals surface area contributed by atoms with Crippen LogP contribution in [0.4, 0.5) is 11.5 Å². The summed E-state index contributed by atoms with van der Waals surface area (Å²) in [5.74, 6) is -0.479. The highest BCUT2D eigenvalue weighted by Gasteiger charge is 2.22. The zero-order chi connectivity index (χ0) is 16.3. The van der Waals surface area contributed by atoms with Crippen molar-refractivity contribution in [2.24, 2.45) is 0 Å². The van der Waals surface area contributed by atoms with Crippen LogP contribution in [0.2, 0.25) is 0 Å². The number of nitrogens with two attached hydrogens (primary N) is 1. The Balaban J connectivity index is 2.48. The first kappa shape index (κ1) is 15.6. The minimum Gasteiger partial charge on any atom is -0.472 e. The molecule has 8 nitrogen and oxygen atoms in total. The van der Waals surface area contributed by atoms with Crippen molar-refractivity contribution in [3.63, 3.8) is 0 Å². The van der Waals surface area contributed by atoms with E-state index in [4.69, 9.17) is 10.2 Å². The van der Waals surface area contributed by atoms with E-state index >= 15 is 0 Å². The molecule has 2 rings (SSSR count). The summed E-state index contributed by atoms with van der Waals surface area (Å²) in [6, 6.07) is 1.48. The van der Waals surface area contributed by atoms with E-state index in [0.717, 1.165) is 17.7 Å². The Morgan fingerprint density at radius 1 is 1.45 bits per heavy atom. The Labute approximate surface area is 126 Å². The zero-order valence-electron chi connectivity index (χ0n) is 12.5. The van der Waals surface area contributed by atoms with E-state index in [1.807, 2.05) is 6.92 Å². The van der Waals surface area contributed by atoms with Crippen molar-refractivity contribution in [3.05, 3.63) is 45.0 Å². The van der Waals surface area contributed by atoms with Crippen molar-refractivity contribution in [2.45, 2.75) is 26.3 Å². The number of unbranched alkanes of at least 4 members (excludes halogenated alkanes) is 1. The molecule has 0 atom stereocenters. The number of anilines is 2. The minimum absolute atomic E-state index is 0.0263. The van der Waals surface area contributed by atoms with Crippen molar-refractivity contribution < 1.29 is 9.21 Å². The molecule has 0 aliphatic rings. The molecule has 3 N–H and O–H groups in total. The van der Waals surface area contributed by atoms with Crippen LogP contribution in [0.5, 0.6) is 0 Å². The normalized spacial score (nSPS) is 10.6. The predicted octanol–water partition coefficient (Wildman–Crippen LogP) is 0.789. The molecule has 22 heavy (non-hydrogen) atoms. The molecule has 0 aliphatic heterocycles. The number of furan rings is 1. The van der Waals surface area contributed by atoms with E-state index in [-0.39, 0.29) is 17.1 Å². The second-order valence-corrected chi connectivity index (χ2v) is 4.87. The van der Waals surface area contributed by atoms with Crippen LogP contribution in [0, 0.1) is 0 Å². The van der Waals surface area contributed by atoms with Gasteiger partial charge in [-0.2, -0.15) is 0 Å². The van der Waals surface area contributed by atoms with E-state index in [0.29, 0.717) is 6.54 Å². The van der Waals surface area contributed by atoms with Crippen molar-refractivity contribution in [2.75, 3.05) is 17.7 Å². The number of amides is 1. The Bertz CT molecular complexity index is 773. The van der Waals surface area contributed by atoms with E-state index in [9.17, 15) is 14.4 Å². The van der Waals surface area contributed by atoms with Crippen LogP contribution in [0.15, 0.2) is 32.6 Å². The number of nitrogen functional groups attached to an aromatic ring is 1. The molecular formula is C14H18N4O4. The average Bonchev–Trinajstić information content (AvgIpc) is 3.00. The van der Waals surface area contributed by atoms with Gasteiger partial charge in [0.1, 0.15) is 12.1 Å². The molecule has 0 aliphatic carbocycles. The Kier molecular flexibility index (Phi) is 4.50. The fourth-order valence-corrected chi connectivity index (χ4v) is 2.12. The van der Waals surface area contributed by atoms with Gasteiger partial charge in [0.2, 0.25) is 0 Å². The van der Waals surface area contributed by atoms with Crippen molar-refractivity contribution in [3.8, 4) is 0 Å². The molecule has 1 amide bonds. The van der Waals surface area contributed by atoms with Crippen LogP contribution in [0.3, 0.4) is 0 Å². The summed E-state index contributed by atoms with van der Waals surface area (Å²) in [4.78, 5) is 39.5. The molecule has 0 unspecified atom stereocenters. The van der Waals surface area contributed by atoms with Gasteiger partial charge in [-0.1, -0.05) is 13.3 Å². The number of nitrogens with zero attached hydrogens (tertiary/aromatic N) is 2. The maximum absolute atomic E-state index is 12.3. The fourth-order valence-electron chi connectivity index (χ4n) is 2.12. The Hall–Kier alpha value is -2.77. The number of hydrogen-bond acceptors (Lipinski definition) is 5. The Morgan fingerprint density at radius 3 is 2.77 bits per heavy atom. The summed E-state index contributed by atoms with van der Waals surface area (Å²) in [5, 5.41) is 0. The molecule has 0 saturated heterocycles. The van der Waals surface area contributed by atoms with Crippen LogP contribution in [0.1, 0.15) is 30.1 Å². The SMILES string of the molecule is CCCCn1c(N)c(N(C)C(=O)c2ccoc2)c(=O)[nH]c1=O. The molecule has 0 fully saturated rings. The first-order valence-electron chi connectivity index (χ1n) is 6.90. The molecule has 0 radical (unpaired) electrons. The number of aromatic amines is 1. The molecule has 118 valence electrons. The number of rotatable bonds is 5. The number of carbonyl (C=O) groups is 1. The van der Waals surface area contributed by atoms with Gasteiger partial charge in [0, 0.05) is 13.6 Å². The summed E-state index contributed by atoms with van der Waals surface area (Å²) in [6.07, 6.45) is 4.23. The van der Waals surface area contributed by atoms with Crippen LogP contribution < -0.4 is 21.9 Å². The molecule has 2 aromatic heterocycles. The van der Waals surface area contributed by atoms with Crippen LogP contribution >= 0.6 is 0 Å². The van der Waals surface area contributed by atoms with Gasteiger partial charge in [-0.05, 0) is 12.5 Å². The number of H-pyrrole nitrogens is 1. The van der Waals surface area contributed by atoms with E-state index < -0.39 is 17.2 Å². The third-order valence-corrected chi connectivity index (χ3v) is 3.36. The molecular weight excluding hydrogens is 288 g/mol. The monoisotopic (exact) mass is 306 g/mol. The molecule has 8 heteroatoms. The molecule has 0 spiro atoms. The lowest BCUT2D eigenvalue weighted by Crippen LogP contribution is -2.39. The Morgan fingerprint density at radius 2 is 2.18 bits per heavy atom. The number of aromatic nitrogens is 2. The summed E-state index contributed by atoms with van der Waals surface area (Å²) < 4.78 is 6.12. The molecule has 2 heterocycles. The molecule has 0 bridgehead atoms. The van der Waals surface area contributed by atoms with Gasteiger partial charge < -0.3 is 15.1 Å². The zero-order valence-corrected chi connectivity index (χ0v) is 12.5. The number of hydrogen-bond donors (Lipinski definition) is 2. The first-order chi connectivity index (χ1) is 10.5. The lowest BCUT2D eigenvalue weighted by molar-refractivity contribution is 0.0992. The highest BCUT2D eigenvalue weighted by molar-refractivity contribution is 6.06. The molecule has 2 aromatic rings. The lowest BCUT2D eigenvalue weighted by atomic mass is 10.2. The quantitative estimate of drug-likeness (QED) is 0.847. The second kappa shape index (κ2) is 6.33. The highest BCUT2D eigenvalue weighted by Crippen LogP contribution is 2.18. The summed E-state index contributed by atoms with van der Waals surface area (Å²) in [6.45, 7) is 2.35. The molecule has 0 aromatic carbocycles. The van der Waals surface area contributed by atoms with E-state index in [2.05, 4.69) is 4.98 Å². The topological polar surface area (TPSA) is 114 Å². The van der Waals surface area contributed by atoms with Crippen LogP contribution in [0.25, 0.3) is 0 Å². The van der Waals surface area contributed by atoms with Crippen LogP contribution in [-0.4, -0.2) is 22.5 Å². The van der Waals surface area contributed by atoms with Crippen molar-refractivity contribution in [1.29, 1.82) is 0 Å². The summed E-state index contributed by atoms with van der Waals surface area (Å²) >= 11 is 0. The minimum atomic E-state index is -0.699.